The Balaban J connectivity index is 1.60. The maximum Gasteiger partial charge on any atom is 0.0817 e. The van der Waals surface area contributed by atoms with E-state index in [0.717, 1.165) is 0 Å². The van der Waals surface area contributed by atoms with Crippen LogP contribution in [0.4, 0.5) is 5.69 Å². The Bertz CT molecular complexity index is 1180. The number of rotatable bonds is 3. The van der Waals surface area contributed by atoms with Gasteiger partial charge in [0.15, 0.2) is 0 Å². The molecule has 1 atom stereocenters. The summed E-state index contributed by atoms with van der Waals surface area (Å²) >= 11 is 0. The molecule has 0 aromatic heterocycles. The van der Waals surface area contributed by atoms with Crippen molar-refractivity contribution in [2.45, 2.75) is 12.1 Å². The van der Waals surface area contributed by atoms with Gasteiger partial charge in [-0.25, -0.2) is 0 Å². The van der Waals surface area contributed by atoms with E-state index in [2.05, 4.69) is 120 Å². The predicted octanol–water partition coefficient (Wildman–Crippen LogP) is 7.03. The van der Waals surface area contributed by atoms with E-state index in [9.17, 15) is 0 Å². The number of hydrogen-bond donors (Lipinski definition) is 0. The Morgan fingerprint density at radius 2 is 1.07 bits per heavy atom. The van der Waals surface area contributed by atoms with Gasteiger partial charge < -0.3 is 4.90 Å². The van der Waals surface area contributed by atoms with Crippen LogP contribution in [0.2, 0.25) is 0 Å². The highest BCUT2D eigenvalue weighted by Crippen LogP contribution is 2.51. The molecule has 0 saturated heterocycles. The SMILES string of the molecule is C1=CC(N(c2ccccc2)C2c3ccccc3-c3ccccc32)c2ccccc21. The molecule has 6 rings (SSSR count). The molecule has 0 saturated carbocycles. The molecule has 4 aromatic carbocycles. The Morgan fingerprint density at radius 1 is 0.517 bits per heavy atom. The lowest BCUT2D eigenvalue weighted by atomic mass is 9.97. The first-order valence-corrected chi connectivity index (χ1v) is 10.2. The molecule has 29 heavy (non-hydrogen) atoms. The van der Waals surface area contributed by atoms with E-state index in [0.29, 0.717) is 0 Å². The van der Waals surface area contributed by atoms with Crippen LogP contribution in [0.1, 0.15) is 34.3 Å². The van der Waals surface area contributed by atoms with Crippen LogP contribution in [0.5, 0.6) is 0 Å². The normalized spacial score (nSPS) is 16.3. The summed E-state index contributed by atoms with van der Waals surface area (Å²) in [5.74, 6) is 0. The second-order valence-corrected chi connectivity index (χ2v) is 7.75. The molecule has 0 bridgehead atoms. The average molecular weight is 371 g/mol. The molecule has 0 amide bonds. The third-order valence-electron chi connectivity index (χ3n) is 6.21. The zero-order valence-corrected chi connectivity index (χ0v) is 16.1. The van der Waals surface area contributed by atoms with Gasteiger partial charge in [0.05, 0.1) is 12.1 Å². The molecular formula is C28H21N. The Labute approximate surface area is 171 Å². The topological polar surface area (TPSA) is 3.24 Å². The van der Waals surface area contributed by atoms with Crippen molar-refractivity contribution in [2.24, 2.45) is 0 Å². The van der Waals surface area contributed by atoms with E-state index in [4.69, 9.17) is 0 Å². The van der Waals surface area contributed by atoms with Crippen LogP contribution in [-0.4, -0.2) is 0 Å². The number of benzene rings is 4. The maximum atomic E-state index is 2.59. The molecule has 0 N–H and O–H groups in total. The van der Waals surface area contributed by atoms with E-state index in [-0.39, 0.29) is 12.1 Å². The molecule has 0 spiro atoms. The van der Waals surface area contributed by atoms with Crippen molar-refractivity contribution < 1.29 is 0 Å². The van der Waals surface area contributed by atoms with Gasteiger partial charge >= 0.3 is 0 Å². The molecule has 2 aliphatic carbocycles. The summed E-state index contributed by atoms with van der Waals surface area (Å²) in [4.78, 5) is 2.59. The lowest BCUT2D eigenvalue weighted by Gasteiger charge is -2.37. The largest absolute Gasteiger partial charge is 0.350 e. The van der Waals surface area contributed by atoms with Gasteiger partial charge in [0.2, 0.25) is 0 Å². The zero-order valence-electron chi connectivity index (χ0n) is 16.1. The number of hydrogen-bond acceptors (Lipinski definition) is 1. The first-order valence-electron chi connectivity index (χ1n) is 10.2. The zero-order chi connectivity index (χ0) is 19.2. The molecule has 4 aromatic rings. The molecule has 1 unspecified atom stereocenters. The molecule has 138 valence electrons. The summed E-state index contributed by atoms with van der Waals surface area (Å²) in [6.45, 7) is 0. The van der Waals surface area contributed by atoms with Crippen molar-refractivity contribution in [3.05, 3.63) is 131 Å². The number of fused-ring (bicyclic) bond motifs is 4. The first-order chi connectivity index (χ1) is 14.4. The van der Waals surface area contributed by atoms with E-state index in [1.54, 1.807) is 0 Å². The van der Waals surface area contributed by atoms with Crippen LogP contribution in [0, 0.1) is 0 Å². The molecule has 2 aliphatic rings. The van der Waals surface area contributed by atoms with Crippen molar-refractivity contribution in [1.29, 1.82) is 0 Å². The van der Waals surface area contributed by atoms with E-state index >= 15 is 0 Å². The van der Waals surface area contributed by atoms with Crippen LogP contribution in [0.25, 0.3) is 17.2 Å². The summed E-state index contributed by atoms with van der Waals surface area (Å²) < 4.78 is 0. The monoisotopic (exact) mass is 371 g/mol. The van der Waals surface area contributed by atoms with Gasteiger partial charge in [0.1, 0.15) is 0 Å². The fraction of sp³-hybridized carbons (Fsp3) is 0.0714. The van der Waals surface area contributed by atoms with E-state index < -0.39 is 0 Å². The molecular weight excluding hydrogens is 350 g/mol. The van der Waals surface area contributed by atoms with E-state index in [1.807, 2.05) is 0 Å². The van der Waals surface area contributed by atoms with Gasteiger partial charge in [-0.15, -0.1) is 0 Å². The minimum absolute atomic E-state index is 0.186. The summed E-state index contributed by atoms with van der Waals surface area (Å²) in [6, 6.07) is 37.7. The minimum atomic E-state index is 0.186. The second-order valence-electron chi connectivity index (χ2n) is 7.75. The van der Waals surface area contributed by atoms with Gasteiger partial charge in [-0.05, 0) is 45.5 Å². The second kappa shape index (κ2) is 6.49. The third kappa shape index (κ3) is 2.48. The summed E-state index contributed by atoms with van der Waals surface area (Å²) in [7, 11) is 0. The van der Waals surface area contributed by atoms with Gasteiger partial charge in [-0.3, -0.25) is 0 Å². The molecule has 0 aliphatic heterocycles. The highest BCUT2D eigenvalue weighted by atomic mass is 15.2. The van der Waals surface area contributed by atoms with Crippen molar-refractivity contribution >= 4 is 11.8 Å². The van der Waals surface area contributed by atoms with Crippen LogP contribution < -0.4 is 4.90 Å². The number of para-hydroxylation sites is 1. The molecule has 0 heterocycles. The van der Waals surface area contributed by atoms with Gasteiger partial charge in [-0.1, -0.05) is 103 Å². The predicted molar refractivity (Wildman–Crippen MR) is 121 cm³/mol. The van der Waals surface area contributed by atoms with Crippen LogP contribution in [-0.2, 0) is 0 Å². The first kappa shape index (κ1) is 16.4. The van der Waals surface area contributed by atoms with Crippen molar-refractivity contribution in [1.82, 2.24) is 0 Å². The number of nitrogens with zero attached hydrogens (tertiary/aromatic N) is 1. The molecule has 1 heteroatoms. The summed E-state index contributed by atoms with van der Waals surface area (Å²) in [6.07, 6.45) is 4.61. The lowest BCUT2D eigenvalue weighted by molar-refractivity contribution is 0.664. The minimum Gasteiger partial charge on any atom is -0.350 e. The standard InChI is InChI=1S/C28H21N/c1-2-11-21(12-3-1)29(27-19-18-20-10-4-5-13-22(20)27)28-25-16-8-6-14-23(25)24-15-7-9-17-26(24)28/h1-19,27-28H. The summed E-state index contributed by atoms with van der Waals surface area (Å²) in [5.41, 5.74) is 9.41. The smallest absolute Gasteiger partial charge is 0.0817 e. The van der Waals surface area contributed by atoms with Gasteiger partial charge in [0.25, 0.3) is 0 Å². The van der Waals surface area contributed by atoms with Gasteiger partial charge in [0, 0.05) is 5.69 Å². The van der Waals surface area contributed by atoms with Crippen LogP contribution in [0.15, 0.2) is 109 Å². The van der Waals surface area contributed by atoms with Crippen molar-refractivity contribution in [3.8, 4) is 11.1 Å². The van der Waals surface area contributed by atoms with Crippen LogP contribution in [0.3, 0.4) is 0 Å². The fourth-order valence-electron chi connectivity index (χ4n) is 4.97. The van der Waals surface area contributed by atoms with Crippen molar-refractivity contribution in [2.75, 3.05) is 4.90 Å². The van der Waals surface area contributed by atoms with Gasteiger partial charge in [-0.2, -0.15) is 0 Å². The molecule has 1 nitrogen and oxygen atoms in total. The van der Waals surface area contributed by atoms with Crippen molar-refractivity contribution in [3.63, 3.8) is 0 Å². The van der Waals surface area contributed by atoms with E-state index in [1.165, 1.54) is 39.1 Å². The fourth-order valence-corrected chi connectivity index (χ4v) is 4.97. The average Bonchev–Trinajstić information content (AvgIpc) is 3.36. The Hall–Kier alpha value is -3.58. The Morgan fingerprint density at radius 3 is 1.76 bits per heavy atom. The third-order valence-corrected chi connectivity index (χ3v) is 6.21. The maximum absolute atomic E-state index is 2.59. The lowest BCUT2D eigenvalue weighted by Crippen LogP contribution is -2.31. The number of anilines is 1. The highest BCUT2D eigenvalue weighted by molar-refractivity contribution is 5.81. The summed E-state index contributed by atoms with van der Waals surface area (Å²) in [5, 5.41) is 0. The molecule has 0 radical (unpaired) electrons. The molecule has 0 fully saturated rings. The highest BCUT2D eigenvalue weighted by Gasteiger charge is 2.37. The van der Waals surface area contributed by atoms with Crippen LogP contribution >= 0.6 is 0 Å². The Kier molecular flexibility index (Phi) is 3.67. The quantitative estimate of drug-likeness (QED) is 0.374.